The lowest BCUT2D eigenvalue weighted by molar-refractivity contribution is -0.134. The average Bonchev–Trinajstić information content (AvgIpc) is 2.54. The van der Waals surface area contributed by atoms with Gasteiger partial charge >= 0.3 is 0 Å². The van der Waals surface area contributed by atoms with E-state index in [0.29, 0.717) is 26.1 Å². The summed E-state index contributed by atoms with van der Waals surface area (Å²) >= 11 is 0. The van der Waals surface area contributed by atoms with Crippen molar-refractivity contribution in [3.8, 4) is 5.75 Å². The minimum atomic E-state index is -0.126. The first-order valence-electron chi connectivity index (χ1n) is 6.97. The molecule has 0 heterocycles. The Hall–Kier alpha value is -2.33. The van der Waals surface area contributed by atoms with Crippen LogP contribution in [0.4, 0.5) is 0 Å². The first-order chi connectivity index (χ1) is 10.3. The minimum Gasteiger partial charge on any atom is -0.491 e. The summed E-state index contributed by atoms with van der Waals surface area (Å²) in [5, 5.41) is 0. The predicted molar refractivity (Wildman–Crippen MR) is 80.8 cm³/mol. The number of aryl methyl sites for hydroxylation is 1. The Kier molecular flexibility index (Phi) is 6.29. The molecule has 21 heavy (non-hydrogen) atoms. The second kappa shape index (κ2) is 8.76. The van der Waals surface area contributed by atoms with Crippen LogP contribution in [0.5, 0.6) is 5.75 Å². The number of carbonyl (C=O) groups excluding carboxylic acids is 1. The molecule has 0 aliphatic heterocycles. The maximum Gasteiger partial charge on any atom is 0.243 e. The third-order valence-corrected chi connectivity index (χ3v) is 2.87. The molecule has 1 N–H and O–H groups in total. The number of hydrogen-bond donors (Lipinski definition) is 1. The van der Waals surface area contributed by atoms with E-state index < -0.39 is 0 Å². The fourth-order valence-electron chi connectivity index (χ4n) is 1.80. The van der Waals surface area contributed by atoms with E-state index in [0.717, 1.165) is 11.3 Å². The number of benzene rings is 2. The average molecular weight is 285 g/mol. The van der Waals surface area contributed by atoms with Crippen molar-refractivity contribution in [2.75, 3.05) is 13.2 Å². The van der Waals surface area contributed by atoms with Gasteiger partial charge in [-0.05, 0) is 24.1 Å². The highest BCUT2D eigenvalue weighted by atomic mass is 16.7. The Morgan fingerprint density at radius 3 is 2.29 bits per heavy atom. The molecule has 4 heteroatoms. The van der Waals surface area contributed by atoms with Crippen LogP contribution < -0.4 is 10.2 Å². The van der Waals surface area contributed by atoms with Crippen molar-refractivity contribution in [3.05, 3.63) is 66.2 Å². The Balaban J connectivity index is 1.53. The van der Waals surface area contributed by atoms with E-state index in [1.165, 1.54) is 0 Å². The lowest BCUT2D eigenvalue weighted by Crippen LogP contribution is -2.26. The van der Waals surface area contributed by atoms with Crippen LogP contribution in [0.3, 0.4) is 0 Å². The molecule has 0 radical (unpaired) electrons. The van der Waals surface area contributed by atoms with Gasteiger partial charge in [0.2, 0.25) is 5.91 Å². The predicted octanol–water partition coefficient (Wildman–Crippen LogP) is 2.75. The summed E-state index contributed by atoms with van der Waals surface area (Å²) in [6.07, 6.45) is 1.11. The van der Waals surface area contributed by atoms with Gasteiger partial charge in [-0.15, -0.1) is 0 Å². The van der Waals surface area contributed by atoms with E-state index in [1.54, 1.807) is 0 Å². The van der Waals surface area contributed by atoms with Gasteiger partial charge in [0.05, 0.1) is 0 Å². The third-order valence-electron chi connectivity index (χ3n) is 2.87. The fraction of sp³-hybridized carbons (Fsp3) is 0.235. The van der Waals surface area contributed by atoms with Crippen LogP contribution in [0.15, 0.2) is 60.7 Å². The number of rotatable bonds is 8. The van der Waals surface area contributed by atoms with Crippen LogP contribution in [0, 0.1) is 0 Å². The zero-order valence-corrected chi connectivity index (χ0v) is 11.8. The highest BCUT2D eigenvalue weighted by Gasteiger charge is 2.02. The number of carbonyl (C=O) groups is 1. The van der Waals surface area contributed by atoms with Gasteiger partial charge in [0, 0.05) is 6.42 Å². The normalized spacial score (nSPS) is 10.1. The molecular weight excluding hydrogens is 266 g/mol. The number of hydrogen-bond acceptors (Lipinski definition) is 3. The van der Waals surface area contributed by atoms with Crippen LogP contribution in [0.1, 0.15) is 12.0 Å². The summed E-state index contributed by atoms with van der Waals surface area (Å²) in [4.78, 5) is 16.7. The topological polar surface area (TPSA) is 47.6 Å². The molecule has 1 amide bonds. The van der Waals surface area contributed by atoms with E-state index in [4.69, 9.17) is 9.57 Å². The maximum absolute atomic E-state index is 11.6. The second-order valence-electron chi connectivity index (χ2n) is 4.52. The van der Waals surface area contributed by atoms with Crippen molar-refractivity contribution in [1.82, 2.24) is 5.48 Å². The molecule has 2 aromatic carbocycles. The van der Waals surface area contributed by atoms with E-state index >= 15 is 0 Å². The maximum atomic E-state index is 11.6. The zero-order valence-electron chi connectivity index (χ0n) is 11.8. The summed E-state index contributed by atoms with van der Waals surface area (Å²) in [7, 11) is 0. The van der Waals surface area contributed by atoms with E-state index in [-0.39, 0.29) is 5.91 Å². The van der Waals surface area contributed by atoms with Crippen LogP contribution >= 0.6 is 0 Å². The Bertz CT molecular complexity index is 528. The van der Waals surface area contributed by atoms with Crippen LogP contribution in [0.2, 0.25) is 0 Å². The molecule has 0 aromatic heterocycles. The zero-order chi connectivity index (χ0) is 14.8. The van der Waals surface area contributed by atoms with Gasteiger partial charge in [0.25, 0.3) is 0 Å². The molecule has 0 saturated heterocycles. The van der Waals surface area contributed by atoms with Gasteiger partial charge < -0.3 is 4.74 Å². The van der Waals surface area contributed by atoms with Gasteiger partial charge in [-0.2, -0.15) is 0 Å². The molecule has 0 aliphatic rings. The first-order valence-corrected chi connectivity index (χ1v) is 6.97. The monoisotopic (exact) mass is 285 g/mol. The number of hydroxylamine groups is 1. The largest absolute Gasteiger partial charge is 0.491 e. The van der Waals surface area contributed by atoms with E-state index in [1.807, 2.05) is 60.7 Å². The molecule has 0 atom stereocenters. The molecule has 0 unspecified atom stereocenters. The summed E-state index contributed by atoms with van der Waals surface area (Å²) < 4.78 is 5.44. The Morgan fingerprint density at radius 1 is 0.905 bits per heavy atom. The van der Waals surface area contributed by atoms with Crippen molar-refractivity contribution in [2.45, 2.75) is 12.8 Å². The van der Waals surface area contributed by atoms with E-state index in [2.05, 4.69) is 5.48 Å². The third kappa shape index (κ3) is 6.10. The smallest absolute Gasteiger partial charge is 0.243 e. The summed E-state index contributed by atoms with van der Waals surface area (Å²) in [6.45, 7) is 0.703. The van der Waals surface area contributed by atoms with Crippen LogP contribution in [-0.4, -0.2) is 19.1 Å². The second-order valence-corrected chi connectivity index (χ2v) is 4.52. The standard InChI is InChI=1S/C17H19NO3/c19-17(12-11-15-7-3-1-4-8-15)18-21-14-13-20-16-9-5-2-6-10-16/h1-10H,11-14H2,(H,18,19). The summed E-state index contributed by atoms with van der Waals surface area (Å²) in [6, 6.07) is 19.4. The van der Waals surface area contributed by atoms with E-state index in [9.17, 15) is 4.79 Å². The highest BCUT2D eigenvalue weighted by Crippen LogP contribution is 2.07. The molecule has 110 valence electrons. The summed E-state index contributed by atoms with van der Waals surface area (Å²) in [5.74, 6) is 0.662. The van der Waals surface area contributed by atoms with Crippen molar-refractivity contribution in [2.24, 2.45) is 0 Å². The number of amides is 1. The summed E-state index contributed by atoms with van der Waals surface area (Å²) in [5.41, 5.74) is 3.56. The van der Waals surface area contributed by atoms with Crippen molar-refractivity contribution in [3.63, 3.8) is 0 Å². The highest BCUT2D eigenvalue weighted by molar-refractivity contribution is 5.75. The molecule has 4 nitrogen and oxygen atoms in total. The van der Waals surface area contributed by atoms with Crippen LogP contribution in [0.25, 0.3) is 0 Å². The molecule has 0 saturated carbocycles. The van der Waals surface area contributed by atoms with Crippen LogP contribution in [-0.2, 0) is 16.1 Å². The van der Waals surface area contributed by atoms with Crippen molar-refractivity contribution < 1.29 is 14.4 Å². The molecule has 0 spiro atoms. The van der Waals surface area contributed by atoms with Gasteiger partial charge in [-0.1, -0.05) is 48.5 Å². The molecule has 0 fully saturated rings. The fourth-order valence-corrected chi connectivity index (χ4v) is 1.80. The SMILES string of the molecule is O=C(CCc1ccccc1)NOCCOc1ccccc1. The molecule has 2 rings (SSSR count). The molecule has 0 aliphatic carbocycles. The molecule has 0 bridgehead atoms. The van der Waals surface area contributed by atoms with Gasteiger partial charge in [-0.3, -0.25) is 9.63 Å². The molecular formula is C17H19NO3. The quantitative estimate of drug-likeness (QED) is 0.599. The molecule has 2 aromatic rings. The Labute approximate surface area is 124 Å². The lowest BCUT2D eigenvalue weighted by Gasteiger charge is -2.07. The first kappa shape index (κ1) is 15.1. The number of para-hydroxylation sites is 1. The lowest BCUT2D eigenvalue weighted by atomic mass is 10.1. The minimum absolute atomic E-state index is 0.126. The Morgan fingerprint density at radius 2 is 1.57 bits per heavy atom. The number of ether oxygens (including phenoxy) is 1. The van der Waals surface area contributed by atoms with Gasteiger partial charge in [0.15, 0.2) is 0 Å². The van der Waals surface area contributed by atoms with Crippen molar-refractivity contribution in [1.29, 1.82) is 0 Å². The number of nitrogens with one attached hydrogen (secondary N) is 1. The van der Waals surface area contributed by atoms with Gasteiger partial charge in [-0.25, -0.2) is 5.48 Å². The van der Waals surface area contributed by atoms with Gasteiger partial charge in [0.1, 0.15) is 19.0 Å². The van der Waals surface area contributed by atoms with Crippen molar-refractivity contribution >= 4 is 5.91 Å².